The van der Waals surface area contributed by atoms with E-state index in [9.17, 15) is 18.3 Å². The average Bonchev–Trinajstić information content (AvgIpc) is 3.34. The fourth-order valence-corrected chi connectivity index (χ4v) is 4.13. The summed E-state index contributed by atoms with van der Waals surface area (Å²) in [4.78, 5) is 11.4. The molecule has 0 spiro atoms. The van der Waals surface area contributed by atoms with Crippen LogP contribution in [0.25, 0.3) is 0 Å². The van der Waals surface area contributed by atoms with Crippen molar-refractivity contribution < 1.29 is 18.3 Å². The lowest BCUT2D eigenvalue weighted by Crippen LogP contribution is -2.36. The van der Waals surface area contributed by atoms with E-state index < -0.39 is 16.0 Å². The Hall–Kier alpha value is -1.34. The molecule has 0 radical (unpaired) electrons. The summed E-state index contributed by atoms with van der Waals surface area (Å²) in [5.41, 5.74) is 0.0588. The van der Waals surface area contributed by atoms with E-state index in [-0.39, 0.29) is 22.7 Å². The molecule has 1 heterocycles. The Morgan fingerprint density at radius 2 is 2.00 bits per heavy atom. The maximum Gasteiger partial charge on any atom is 0.352 e. The van der Waals surface area contributed by atoms with Gasteiger partial charge in [0.05, 0.1) is 0 Å². The van der Waals surface area contributed by atoms with Crippen LogP contribution in [0.1, 0.15) is 49.1 Å². The lowest BCUT2D eigenvalue weighted by molar-refractivity contribution is 0.0685. The second kappa shape index (κ2) is 4.84. The number of hydrogen-bond acceptors (Lipinski definition) is 3. The molecule has 1 aromatic heterocycles. The molecule has 2 aliphatic rings. The van der Waals surface area contributed by atoms with Gasteiger partial charge < -0.3 is 9.67 Å². The number of aromatic nitrogens is 1. The van der Waals surface area contributed by atoms with Gasteiger partial charge in [-0.2, -0.15) is 4.31 Å². The van der Waals surface area contributed by atoms with Crippen LogP contribution in [-0.2, 0) is 10.0 Å². The molecule has 7 heteroatoms. The maximum absolute atomic E-state index is 12.7. The summed E-state index contributed by atoms with van der Waals surface area (Å²) in [6.07, 6.45) is 5.41. The van der Waals surface area contributed by atoms with Gasteiger partial charge in [-0.05, 0) is 44.6 Å². The Morgan fingerprint density at radius 1 is 1.38 bits per heavy atom. The Kier molecular flexibility index (Phi) is 3.37. The summed E-state index contributed by atoms with van der Waals surface area (Å²) in [6.45, 7) is 1.91. The maximum atomic E-state index is 12.7. The molecule has 0 amide bonds. The van der Waals surface area contributed by atoms with E-state index in [0.29, 0.717) is 5.92 Å². The molecule has 1 N–H and O–H groups in total. The second-order valence-corrected chi connectivity index (χ2v) is 8.10. The fraction of sp³-hybridized carbons (Fsp3) is 0.643. The first-order valence-electron chi connectivity index (χ1n) is 7.25. The van der Waals surface area contributed by atoms with E-state index in [4.69, 9.17) is 0 Å². The van der Waals surface area contributed by atoms with Crippen LogP contribution >= 0.6 is 0 Å². The monoisotopic (exact) mass is 312 g/mol. The topological polar surface area (TPSA) is 79.6 Å². The van der Waals surface area contributed by atoms with Crippen molar-refractivity contribution in [1.29, 1.82) is 0 Å². The number of carboxylic acid groups (broad SMARTS) is 1. The summed E-state index contributed by atoms with van der Waals surface area (Å²) in [6, 6.07) is 1.37. The van der Waals surface area contributed by atoms with Crippen molar-refractivity contribution in [3.05, 3.63) is 18.0 Å². The van der Waals surface area contributed by atoms with Crippen LogP contribution in [0.4, 0.5) is 0 Å². The van der Waals surface area contributed by atoms with Gasteiger partial charge in [-0.3, -0.25) is 0 Å². The van der Waals surface area contributed by atoms with Crippen LogP contribution in [0.5, 0.6) is 0 Å². The van der Waals surface area contributed by atoms with Crippen molar-refractivity contribution in [3.8, 4) is 0 Å². The molecule has 2 saturated carbocycles. The zero-order chi connectivity index (χ0) is 15.4. The van der Waals surface area contributed by atoms with Gasteiger partial charge in [-0.25, -0.2) is 13.2 Å². The van der Waals surface area contributed by atoms with Crippen LogP contribution in [-0.4, -0.2) is 41.5 Å². The third-order valence-electron chi connectivity index (χ3n) is 4.54. The first-order valence-corrected chi connectivity index (χ1v) is 8.69. The van der Waals surface area contributed by atoms with E-state index in [1.807, 2.05) is 6.92 Å². The number of carboxylic acids is 1. The van der Waals surface area contributed by atoms with E-state index in [2.05, 4.69) is 0 Å². The lowest BCUT2D eigenvalue weighted by Gasteiger charge is -2.23. The van der Waals surface area contributed by atoms with E-state index >= 15 is 0 Å². The van der Waals surface area contributed by atoms with Crippen molar-refractivity contribution in [3.63, 3.8) is 0 Å². The largest absolute Gasteiger partial charge is 0.477 e. The third kappa shape index (κ3) is 2.60. The van der Waals surface area contributed by atoms with Crippen LogP contribution in [0.15, 0.2) is 17.2 Å². The van der Waals surface area contributed by atoms with Crippen molar-refractivity contribution in [2.24, 2.45) is 5.92 Å². The molecular weight excluding hydrogens is 292 g/mol. The Balaban J connectivity index is 1.94. The van der Waals surface area contributed by atoms with Crippen LogP contribution in [0.3, 0.4) is 0 Å². The minimum Gasteiger partial charge on any atom is -0.477 e. The van der Waals surface area contributed by atoms with Crippen molar-refractivity contribution in [2.75, 3.05) is 7.05 Å². The molecule has 2 aliphatic carbocycles. The molecule has 2 fully saturated rings. The predicted molar refractivity (Wildman–Crippen MR) is 76.8 cm³/mol. The van der Waals surface area contributed by atoms with Gasteiger partial charge in [-0.15, -0.1) is 0 Å². The number of rotatable bonds is 6. The Bertz CT molecular complexity index is 671. The average molecular weight is 312 g/mol. The first kappa shape index (κ1) is 14.6. The standard InChI is InChI=1S/C14H20N2O4S/c1-9(10-3-4-10)15(2)21(19,20)12-7-13(14(17)18)16(8-12)11-5-6-11/h7-11H,3-6H2,1-2H3,(H,17,18). The molecule has 21 heavy (non-hydrogen) atoms. The van der Waals surface area contributed by atoms with E-state index in [1.54, 1.807) is 11.6 Å². The number of aromatic carboxylic acids is 1. The lowest BCUT2D eigenvalue weighted by atomic mass is 10.2. The normalized spacial score (nSPS) is 20.7. The minimum atomic E-state index is -3.63. The predicted octanol–water partition coefficient (Wildman–Crippen LogP) is 1.94. The van der Waals surface area contributed by atoms with Crippen molar-refractivity contribution in [2.45, 2.75) is 49.6 Å². The Morgan fingerprint density at radius 3 is 2.48 bits per heavy atom. The summed E-state index contributed by atoms with van der Waals surface area (Å²) in [5.74, 6) is -0.657. The molecule has 0 aliphatic heterocycles. The molecule has 1 aromatic rings. The fourth-order valence-electron chi connectivity index (χ4n) is 2.68. The minimum absolute atomic E-state index is 0.0486. The number of nitrogens with zero attached hydrogens (tertiary/aromatic N) is 2. The molecule has 3 rings (SSSR count). The molecule has 1 atom stereocenters. The zero-order valence-corrected chi connectivity index (χ0v) is 13.0. The highest BCUT2D eigenvalue weighted by atomic mass is 32.2. The summed E-state index contributed by atoms with van der Waals surface area (Å²) < 4.78 is 28.3. The van der Waals surface area contributed by atoms with Gasteiger partial charge in [0.1, 0.15) is 10.6 Å². The second-order valence-electron chi connectivity index (χ2n) is 6.10. The zero-order valence-electron chi connectivity index (χ0n) is 12.2. The molecular formula is C14H20N2O4S. The third-order valence-corrected chi connectivity index (χ3v) is 6.45. The molecule has 0 saturated heterocycles. The summed E-state index contributed by atoms with van der Waals surface area (Å²) >= 11 is 0. The van der Waals surface area contributed by atoms with Crippen LogP contribution < -0.4 is 0 Å². The summed E-state index contributed by atoms with van der Waals surface area (Å²) in [7, 11) is -2.06. The SMILES string of the molecule is CC(C1CC1)N(C)S(=O)(=O)c1cc(C(=O)O)n(C2CC2)c1. The molecule has 0 aromatic carbocycles. The van der Waals surface area contributed by atoms with Gasteiger partial charge in [0.15, 0.2) is 0 Å². The molecule has 1 unspecified atom stereocenters. The van der Waals surface area contributed by atoms with Crippen LogP contribution in [0.2, 0.25) is 0 Å². The number of carbonyl (C=O) groups is 1. The van der Waals surface area contributed by atoms with Crippen molar-refractivity contribution >= 4 is 16.0 Å². The quantitative estimate of drug-likeness (QED) is 0.870. The van der Waals surface area contributed by atoms with E-state index in [0.717, 1.165) is 25.7 Å². The van der Waals surface area contributed by atoms with Crippen LogP contribution in [0, 0.1) is 5.92 Å². The first-order chi connectivity index (χ1) is 9.82. The highest BCUT2D eigenvalue weighted by molar-refractivity contribution is 7.89. The number of hydrogen-bond donors (Lipinski definition) is 1. The van der Waals surface area contributed by atoms with Gasteiger partial charge in [0.25, 0.3) is 0 Å². The van der Waals surface area contributed by atoms with Gasteiger partial charge in [0.2, 0.25) is 10.0 Å². The van der Waals surface area contributed by atoms with E-state index in [1.165, 1.54) is 16.6 Å². The van der Waals surface area contributed by atoms with Gasteiger partial charge in [-0.1, -0.05) is 0 Å². The highest BCUT2D eigenvalue weighted by Crippen LogP contribution is 2.39. The highest BCUT2D eigenvalue weighted by Gasteiger charge is 2.37. The summed E-state index contributed by atoms with van der Waals surface area (Å²) in [5, 5.41) is 9.24. The van der Waals surface area contributed by atoms with Gasteiger partial charge >= 0.3 is 5.97 Å². The molecule has 116 valence electrons. The smallest absolute Gasteiger partial charge is 0.352 e. The van der Waals surface area contributed by atoms with Crippen molar-refractivity contribution in [1.82, 2.24) is 8.87 Å². The van der Waals surface area contributed by atoms with Gasteiger partial charge in [0, 0.05) is 25.3 Å². The molecule has 6 nitrogen and oxygen atoms in total. The molecule has 0 bridgehead atoms. The Labute approximate surface area is 124 Å². The number of sulfonamides is 1.